The van der Waals surface area contributed by atoms with Gasteiger partial charge in [-0.05, 0) is 26.7 Å². The molecule has 2 aromatic rings. The van der Waals surface area contributed by atoms with E-state index in [2.05, 4.69) is 19.9 Å². The number of aromatic nitrogens is 4. The number of hydrogen-bond donors (Lipinski definition) is 0. The number of carbonyl (C=O) groups excluding carboxylic acids is 1. The van der Waals surface area contributed by atoms with E-state index in [4.69, 9.17) is 0 Å². The van der Waals surface area contributed by atoms with Gasteiger partial charge in [0.2, 0.25) is 0 Å². The fourth-order valence-corrected chi connectivity index (χ4v) is 3.25. The Morgan fingerprint density at radius 1 is 1.25 bits per heavy atom. The Balaban J connectivity index is 1.64. The predicted octanol–water partition coefficient (Wildman–Crippen LogP) is 1.57. The summed E-state index contributed by atoms with van der Waals surface area (Å²) in [5.74, 6) is 1.82. The summed E-state index contributed by atoms with van der Waals surface area (Å²) in [6, 6.07) is 2.27. The molecule has 0 saturated carbocycles. The van der Waals surface area contributed by atoms with Crippen molar-refractivity contribution < 1.29 is 4.79 Å². The van der Waals surface area contributed by atoms with Crippen molar-refractivity contribution in [3.8, 4) is 0 Å². The monoisotopic (exact) mass is 328 g/mol. The number of aryl methyl sites for hydroxylation is 3. The van der Waals surface area contributed by atoms with Crippen LogP contribution < -0.4 is 4.90 Å². The number of piperidine rings is 1. The average Bonchev–Trinajstić information content (AvgIpc) is 2.99. The molecule has 0 N–H and O–H groups in total. The molecule has 3 rings (SSSR count). The van der Waals surface area contributed by atoms with Gasteiger partial charge in [0.05, 0.1) is 12.5 Å². The first-order valence-corrected chi connectivity index (χ1v) is 8.26. The fourth-order valence-electron chi connectivity index (χ4n) is 3.25. The maximum Gasteiger partial charge on any atom is 0.272 e. The lowest BCUT2D eigenvalue weighted by Crippen LogP contribution is -2.46. The van der Waals surface area contributed by atoms with Gasteiger partial charge in [0.1, 0.15) is 17.3 Å². The first-order chi connectivity index (χ1) is 11.5. The summed E-state index contributed by atoms with van der Waals surface area (Å²) < 4.78 is 1.76. The van der Waals surface area contributed by atoms with Gasteiger partial charge in [-0.1, -0.05) is 0 Å². The van der Waals surface area contributed by atoms with Crippen LogP contribution in [0.1, 0.15) is 34.8 Å². The summed E-state index contributed by atoms with van der Waals surface area (Å²) in [5.41, 5.74) is 1.62. The fraction of sp³-hybridized carbons (Fsp3) is 0.529. The van der Waals surface area contributed by atoms with Crippen LogP contribution in [-0.2, 0) is 7.05 Å². The Morgan fingerprint density at radius 3 is 2.54 bits per heavy atom. The maximum atomic E-state index is 12.6. The molecule has 0 unspecified atom stereocenters. The largest absolute Gasteiger partial charge is 0.356 e. The second kappa shape index (κ2) is 6.59. The summed E-state index contributed by atoms with van der Waals surface area (Å²) in [4.78, 5) is 29.6. The normalized spacial score (nSPS) is 15.6. The van der Waals surface area contributed by atoms with E-state index in [1.807, 2.05) is 38.9 Å². The van der Waals surface area contributed by atoms with E-state index in [1.165, 1.54) is 0 Å². The Bertz CT molecular complexity index is 712. The van der Waals surface area contributed by atoms with Crippen molar-refractivity contribution >= 4 is 11.7 Å². The highest BCUT2D eigenvalue weighted by Gasteiger charge is 2.27. The average molecular weight is 328 g/mol. The van der Waals surface area contributed by atoms with E-state index in [-0.39, 0.29) is 11.9 Å². The number of carbonyl (C=O) groups is 1. The zero-order chi connectivity index (χ0) is 17.3. The third kappa shape index (κ3) is 3.25. The molecule has 24 heavy (non-hydrogen) atoms. The number of amides is 1. The van der Waals surface area contributed by atoms with Gasteiger partial charge in [-0.25, -0.2) is 15.0 Å². The minimum Gasteiger partial charge on any atom is -0.356 e. The molecule has 1 aliphatic heterocycles. The van der Waals surface area contributed by atoms with Gasteiger partial charge in [0.15, 0.2) is 0 Å². The van der Waals surface area contributed by atoms with Crippen molar-refractivity contribution in [1.82, 2.24) is 24.4 Å². The van der Waals surface area contributed by atoms with Crippen LogP contribution in [0.15, 0.2) is 18.6 Å². The van der Waals surface area contributed by atoms with Crippen LogP contribution in [0.2, 0.25) is 0 Å². The Kier molecular flexibility index (Phi) is 4.51. The topological polar surface area (TPSA) is 67.2 Å². The molecule has 0 aliphatic carbocycles. The molecular formula is C17H24N6O. The lowest BCUT2D eigenvalue weighted by atomic mass is 10.0. The second-order valence-electron chi connectivity index (χ2n) is 6.44. The van der Waals surface area contributed by atoms with Crippen LogP contribution in [0.3, 0.4) is 0 Å². The summed E-state index contributed by atoms with van der Waals surface area (Å²) in [6.07, 6.45) is 5.15. The molecule has 1 fully saturated rings. The molecule has 1 amide bonds. The molecule has 1 aliphatic rings. The maximum absolute atomic E-state index is 12.6. The number of imidazole rings is 1. The van der Waals surface area contributed by atoms with E-state index in [0.717, 1.165) is 43.3 Å². The van der Waals surface area contributed by atoms with Crippen molar-refractivity contribution in [2.24, 2.45) is 7.05 Å². The standard InChI is InChI=1S/C17H24N6O/c1-12-9-16(20-13(2)19-12)23-7-5-14(6-8-23)22(4)17(24)15-10-18-11-21(15)3/h9-11,14H,5-8H2,1-4H3. The van der Waals surface area contributed by atoms with Crippen molar-refractivity contribution in [3.05, 3.63) is 35.8 Å². The summed E-state index contributed by atoms with van der Waals surface area (Å²) >= 11 is 0. The lowest BCUT2D eigenvalue weighted by Gasteiger charge is -2.37. The number of anilines is 1. The molecule has 1 saturated heterocycles. The van der Waals surface area contributed by atoms with Gasteiger partial charge < -0.3 is 14.4 Å². The molecule has 2 aromatic heterocycles. The minimum absolute atomic E-state index is 0.0298. The van der Waals surface area contributed by atoms with Gasteiger partial charge in [-0.3, -0.25) is 4.79 Å². The first-order valence-electron chi connectivity index (χ1n) is 8.26. The molecule has 0 spiro atoms. The van der Waals surface area contributed by atoms with Crippen molar-refractivity contribution in [2.45, 2.75) is 32.7 Å². The smallest absolute Gasteiger partial charge is 0.272 e. The molecule has 7 nitrogen and oxygen atoms in total. The predicted molar refractivity (Wildman–Crippen MR) is 92.0 cm³/mol. The Hall–Kier alpha value is -2.44. The highest BCUT2D eigenvalue weighted by atomic mass is 16.2. The van der Waals surface area contributed by atoms with Gasteiger partial charge in [0.25, 0.3) is 5.91 Å². The SMILES string of the molecule is Cc1cc(N2CCC(N(C)C(=O)c3cncn3C)CC2)nc(C)n1. The minimum atomic E-state index is 0.0298. The van der Waals surface area contributed by atoms with E-state index in [9.17, 15) is 4.79 Å². The summed E-state index contributed by atoms with van der Waals surface area (Å²) in [5, 5.41) is 0. The molecule has 0 radical (unpaired) electrons. The van der Waals surface area contributed by atoms with Crippen molar-refractivity contribution in [2.75, 3.05) is 25.0 Å². The summed E-state index contributed by atoms with van der Waals surface area (Å²) in [7, 11) is 3.73. The van der Waals surface area contributed by atoms with Crippen LogP contribution >= 0.6 is 0 Å². The van der Waals surface area contributed by atoms with Crippen LogP contribution in [0.5, 0.6) is 0 Å². The molecule has 128 valence electrons. The third-order valence-electron chi connectivity index (χ3n) is 4.64. The van der Waals surface area contributed by atoms with Crippen LogP contribution in [-0.4, -0.2) is 56.5 Å². The number of hydrogen-bond acceptors (Lipinski definition) is 5. The highest BCUT2D eigenvalue weighted by Crippen LogP contribution is 2.22. The third-order valence-corrected chi connectivity index (χ3v) is 4.64. The van der Waals surface area contributed by atoms with Gasteiger partial charge >= 0.3 is 0 Å². The van der Waals surface area contributed by atoms with E-state index >= 15 is 0 Å². The summed E-state index contributed by atoms with van der Waals surface area (Å²) in [6.45, 7) is 5.70. The van der Waals surface area contributed by atoms with E-state index < -0.39 is 0 Å². The lowest BCUT2D eigenvalue weighted by molar-refractivity contribution is 0.0699. The van der Waals surface area contributed by atoms with E-state index in [1.54, 1.807) is 17.1 Å². The molecule has 0 aromatic carbocycles. The molecule has 7 heteroatoms. The highest BCUT2D eigenvalue weighted by molar-refractivity contribution is 5.92. The molecule has 3 heterocycles. The number of nitrogens with zero attached hydrogens (tertiary/aromatic N) is 6. The Morgan fingerprint density at radius 2 is 1.96 bits per heavy atom. The van der Waals surface area contributed by atoms with Gasteiger partial charge in [0, 0.05) is 45.0 Å². The second-order valence-corrected chi connectivity index (χ2v) is 6.44. The molecular weight excluding hydrogens is 304 g/mol. The van der Waals surface area contributed by atoms with Crippen molar-refractivity contribution in [3.63, 3.8) is 0 Å². The molecule has 0 bridgehead atoms. The first kappa shape index (κ1) is 16.4. The molecule has 0 atom stereocenters. The zero-order valence-electron chi connectivity index (χ0n) is 14.7. The number of rotatable bonds is 3. The Labute approximate surface area is 142 Å². The van der Waals surface area contributed by atoms with Crippen LogP contribution in [0.4, 0.5) is 5.82 Å². The van der Waals surface area contributed by atoms with Crippen LogP contribution in [0, 0.1) is 13.8 Å². The van der Waals surface area contributed by atoms with Crippen LogP contribution in [0.25, 0.3) is 0 Å². The van der Waals surface area contributed by atoms with E-state index in [0.29, 0.717) is 5.69 Å². The zero-order valence-corrected chi connectivity index (χ0v) is 14.7. The van der Waals surface area contributed by atoms with Crippen molar-refractivity contribution in [1.29, 1.82) is 0 Å². The quantitative estimate of drug-likeness (QED) is 0.855. The van der Waals surface area contributed by atoms with Gasteiger partial charge in [-0.15, -0.1) is 0 Å². The van der Waals surface area contributed by atoms with Gasteiger partial charge in [-0.2, -0.15) is 0 Å².